The first-order valence-electron chi connectivity index (χ1n) is 9.95. The molecule has 0 aromatic heterocycles. The maximum atomic E-state index is 13.0. The molecule has 0 saturated heterocycles. The smallest absolute Gasteiger partial charge is 0.240 e. The minimum absolute atomic E-state index is 0.0410. The normalized spacial score (nSPS) is 13.5. The van der Waals surface area contributed by atoms with Crippen molar-refractivity contribution >= 4 is 21.7 Å². The van der Waals surface area contributed by atoms with Crippen LogP contribution in [-0.4, -0.2) is 27.5 Å². The third-order valence-electron chi connectivity index (χ3n) is 4.91. The third-order valence-corrected chi connectivity index (χ3v) is 6.33. The van der Waals surface area contributed by atoms with Gasteiger partial charge in [-0.2, -0.15) is 0 Å². The third kappa shape index (κ3) is 5.68. The van der Waals surface area contributed by atoms with Gasteiger partial charge in [0.15, 0.2) is 5.96 Å². The van der Waals surface area contributed by atoms with Crippen molar-refractivity contribution in [1.82, 2.24) is 10.0 Å². The summed E-state index contributed by atoms with van der Waals surface area (Å²) in [6.07, 6.45) is 0.779. The second-order valence-corrected chi connectivity index (χ2v) is 9.02. The van der Waals surface area contributed by atoms with Crippen LogP contribution in [0.5, 0.6) is 0 Å². The number of hydrogen-bond donors (Lipinski definition) is 3. The zero-order valence-electron chi connectivity index (χ0n) is 16.8. The second kappa shape index (κ2) is 9.28. The number of aliphatic imine (C=N–C) groups is 1. The van der Waals surface area contributed by atoms with Crippen LogP contribution in [0.25, 0.3) is 0 Å². The Bertz CT molecular complexity index is 1160. The SMILES string of the molecule is O=S(=O)(NCc1ccc(Cc2ccc(NC3=NCCN3)cc2)cc1)c1ccc(F)cc1. The predicted octanol–water partition coefficient (Wildman–Crippen LogP) is 3.27. The van der Waals surface area contributed by atoms with E-state index in [1.165, 1.54) is 17.7 Å². The first-order valence-corrected chi connectivity index (χ1v) is 11.4. The molecule has 1 heterocycles. The molecule has 0 aliphatic carbocycles. The molecular formula is C23H23FN4O2S. The number of benzene rings is 3. The van der Waals surface area contributed by atoms with E-state index in [2.05, 4.69) is 32.5 Å². The summed E-state index contributed by atoms with van der Waals surface area (Å²) in [7, 11) is -3.68. The van der Waals surface area contributed by atoms with Gasteiger partial charge in [0.05, 0.1) is 11.4 Å². The van der Waals surface area contributed by atoms with Crippen LogP contribution in [0.15, 0.2) is 82.7 Å². The van der Waals surface area contributed by atoms with Gasteiger partial charge >= 0.3 is 0 Å². The number of hydrogen-bond acceptors (Lipinski definition) is 5. The van der Waals surface area contributed by atoms with E-state index in [4.69, 9.17) is 0 Å². The summed E-state index contributed by atoms with van der Waals surface area (Å²) < 4.78 is 40.2. The number of guanidine groups is 1. The Morgan fingerprint density at radius 1 is 0.871 bits per heavy atom. The summed E-state index contributed by atoms with van der Waals surface area (Å²) in [5, 5.41) is 6.42. The van der Waals surface area contributed by atoms with Gasteiger partial charge in [0.2, 0.25) is 10.0 Å². The van der Waals surface area contributed by atoms with Gasteiger partial charge in [0.25, 0.3) is 0 Å². The van der Waals surface area contributed by atoms with E-state index in [0.717, 1.165) is 54.4 Å². The van der Waals surface area contributed by atoms with E-state index in [-0.39, 0.29) is 11.4 Å². The highest BCUT2D eigenvalue weighted by Crippen LogP contribution is 2.15. The molecule has 0 saturated carbocycles. The van der Waals surface area contributed by atoms with E-state index in [1.54, 1.807) is 0 Å². The second-order valence-electron chi connectivity index (χ2n) is 7.25. The molecule has 0 unspecified atom stereocenters. The Morgan fingerprint density at radius 2 is 1.48 bits per heavy atom. The van der Waals surface area contributed by atoms with Crippen LogP contribution in [0.3, 0.4) is 0 Å². The van der Waals surface area contributed by atoms with Crippen molar-refractivity contribution < 1.29 is 12.8 Å². The first kappa shape index (κ1) is 21.0. The van der Waals surface area contributed by atoms with Crippen LogP contribution in [0.1, 0.15) is 16.7 Å². The molecule has 1 aliphatic rings. The van der Waals surface area contributed by atoms with E-state index < -0.39 is 15.8 Å². The highest BCUT2D eigenvalue weighted by atomic mass is 32.2. The van der Waals surface area contributed by atoms with Crippen molar-refractivity contribution in [2.24, 2.45) is 4.99 Å². The monoisotopic (exact) mass is 438 g/mol. The van der Waals surface area contributed by atoms with Gasteiger partial charge in [0.1, 0.15) is 5.82 Å². The van der Waals surface area contributed by atoms with Gasteiger partial charge in [-0.25, -0.2) is 17.5 Å². The Labute approximate surface area is 181 Å². The summed E-state index contributed by atoms with van der Waals surface area (Å²) in [5.74, 6) is 0.332. The molecule has 3 aromatic rings. The first-order chi connectivity index (χ1) is 15.0. The Kier molecular flexibility index (Phi) is 6.29. The summed E-state index contributed by atoms with van der Waals surface area (Å²) in [4.78, 5) is 4.36. The molecule has 6 nitrogen and oxygen atoms in total. The van der Waals surface area contributed by atoms with E-state index in [1.807, 2.05) is 36.4 Å². The quantitative estimate of drug-likeness (QED) is 0.529. The van der Waals surface area contributed by atoms with Crippen LogP contribution in [-0.2, 0) is 23.0 Å². The van der Waals surface area contributed by atoms with Gasteiger partial charge in [-0.3, -0.25) is 4.99 Å². The van der Waals surface area contributed by atoms with Crippen molar-refractivity contribution in [3.63, 3.8) is 0 Å². The molecule has 31 heavy (non-hydrogen) atoms. The summed E-state index contributed by atoms with van der Waals surface area (Å²) in [6, 6.07) is 20.7. The lowest BCUT2D eigenvalue weighted by atomic mass is 10.0. The Hall–Kier alpha value is -3.23. The Morgan fingerprint density at radius 3 is 2.10 bits per heavy atom. The topological polar surface area (TPSA) is 82.6 Å². The maximum Gasteiger partial charge on any atom is 0.240 e. The lowest BCUT2D eigenvalue weighted by Crippen LogP contribution is -2.26. The van der Waals surface area contributed by atoms with E-state index >= 15 is 0 Å². The van der Waals surface area contributed by atoms with Crippen LogP contribution in [0, 0.1) is 5.82 Å². The van der Waals surface area contributed by atoms with E-state index in [0.29, 0.717) is 0 Å². The number of sulfonamides is 1. The van der Waals surface area contributed by atoms with Crippen LogP contribution in [0.2, 0.25) is 0 Å². The van der Waals surface area contributed by atoms with Crippen molar-refractivity contribution in [2.75, 3.05) is 18.4 Å². The molecule has 4 rings (SSSR count). The highest BCUT2D eigenvalue weighted by molar-refractivity contribution is 7.89. The molecule has 3 N–H and O–H groups in total. The van der Waals surface area contributed by atoms with E-state index in [9.17, 15) is 12.8 Å². The maximum absolute atomic E-state index is 13.0. The minimum Gasteiger partial charge on any atom is -0.354 e. The van der Waals surface area contributed by atoms with Crippen molar-refractivity contribution in [1.29, 1.82) is 0 Å². The number of nitrogens with one attached hydrogen (secondary N) is 3. The summed E-state index contributed by atoms with van der Waals surface area (Å²) in [5.41, 5.74) is 4.14. The van der Waals surface area contributed by atoms with Crippen molar-refractivity contribution in [2.45, 2.75) is 17.9 Å². The van der Waals surface area contributed by atoms with Gasteiger partial charge < -0.3 is 10.6 Å². The molecule has 0 atom stereocenters. The lowest BCUT2D eigenvalue weighted by molar-refractivity contribution is 0.580. The molecule has 0 amide bonds. The standard InChI is InChI=1S/C23H23FN4O2S/c24-20-7-11-22(12-8-20)31(29,30)27-16-19-3-1-17(2-4-19)15-18-5-9-21(10-6-18)28-23-25-13-14-26-23/h1-12,27H,13-16H2,(H2,25,26,28). The highest BCUT2D eigenvalue weighted by Gasteiger charge is 2.13. The summed E-state index contributed by atoms with van der Waals surface area (Å²) >= 11 is 0. The minimum atomic E-state index is -3.68. The van der Waals surface area contributed by atoms with Crippen LogP contribution >= 0.6 is 0 Å². The van der Waals surface area contributed by atoms with Gasteiger partial charge in [0, 0.05) is 18.8 Å². The van der Waals surface area contributed by atoms with Gasteiger partial charge in [-0.05, 0) is 59.5 Å². The molecule has 160 valence electrons. The molecule has 0 bridgehead atoms. The number of nitrogens with zero attached hydrogens (tertiary/aromatic N) is 1. The Balaban J connectivity index is 1.32. The molecule has 1 aliphatic heterocycles. The largest absolute Gasteiger partial charge is 0.354 e. The van der Waals surface area contributed by atoms with Gasteiger partial charge in [-0.1, -0.05) is 36.4 Å². The number of rotatable bonds is 7. The van der Waals surface area contributed by atoms with Crippen LogP contribution < -0.4 is 15.4 Å². The lowest BCUT2D eigenvalue weighted by Gasteiger charge is -2.09. The fourth-order valence-corrected chi connectivity index (χ4v) is 4.23. The fraction of sp³-hybridized carbons (Fsp3) is 0.174. The molecule has 8 heteroatoms. The predicted molar refractivity (Wildman–Crippen MR) is 120 cm³/mol. The number of anilines is 1. The number of halogens is 1. The zero-order chi connectivity index (χ0) is 21.7. The molecule has 0 fully saturated rings. The summed E-state index contributed by atoms with van der Waals surface area (Å²) in [6.45, 7) is 1.83. The average molecular weight is 439 g/mol. The molecular weight excluding hydrogens is 415 g/mol. The zero-order valence-corrected chi connectivity index (χ0v) is 17.6. The van der Waals surface area contributed by atoms with Crippen LogP contribution in [0.4, 0.5) is 10.1 Å². The molecule has 0 spiro atoms. The van der Waals surface area contributed by atoms with Crippen molar-refractivity contribution in [3.05, 3.63) is 95.3 Å². The molecule has 3 aromatic carbocycles. The van der Waals surface area contributed by atoms with Gasteiger partial charge in [-0.15, -0.1) is 0 Å². The fourth-order valence-electron chi connectivity index (χ4n) is 3.21. The average Bonchev–Trinajstić information content (AvgIpc) is 3.28. The molecule has 0 radical (unpaired) electrons. The van der Waals surface area contributed by atoms with Crippen molar-refractivity contribution in [3.8, 4) is 0 Å².